The van der Waals surface area contributed by atoms with Crippen molar-refractivity contribution in [1.29, 1.82) is 5.26 Å². The minimum Gasteiger partial charge on any atom is -0.479 e. The molecule has 1 heterocycles. The third-order valence-corrected chi connectivity index (χ3v) is 5.63. The van der Waals surface area contributed by atoms with Crippen molar-refractivity contribution >= 4 is 38.1 Å². The molecule has 0 aromatic heterocycles. The number of hydrogen-bond acceptors (Lipinski definition) is 5. The van der Waals surface area contributed by atoms with E-state index in [1.54, 1.807) is 48.5 Å². The maximum atomic E-state index is 12.9. The summed E-state index contributed by atoms with van der Waals surface area (Å²) < 4.78 is 33.5. The zero-order valence-electron chi connectivity index (χ0n) is 13.9. The fourth-order valence-electron chi connectivity index (χ4n) is 3.04. The Bertz CT molecular complexity index is 1210. The van der Waals surface area contributed by atoms with Gasteiger partial charge in [-0.25, -0.2) is 8.42 Å². The number of rotatable bonds is 5. The molecule has 0 aliphatic carbocycles. The summed E-state index contributed by atoms with van der Waals surface area (Å²) in [5.41, 5.74) is 1.42. The van der Waals surface area contributed by atoms with Crippen LogP contribution in [0.1, 0.15) is 10.4 Å². The van der Waals surface area contributed by atoms with E-state index in [0.717, 1.165) is 0 Å². The molecule has 0 saturated carbocycles. The Morgan fingerprint density at radius 2 is 1.85 bits per heavy atom. The molecule has 0 atom stereocenters. The second kappa shape index (κ2) is 6.30. The molecule has 1 amide bonds. The van der Waals surface area contributed by atoms with E-state index in [1.807, 2.05) is 6.07 Å². The summed E-state index contributed by atoms with van der Waals surface area (Å²) in [4.78, 5) is 12.1. The van der Waals surface area contributed by atoms with Crippen LogP contribution >= 0.6 is 0 Å². The summed E-state index contributed by atoms with van der Waals surface area (Å²) in [6.07, 6.45) is 0. The van der Waals surface area contributed by atoms with Crippen LogP contribution in [0.3, 0.4) is 0 Å². The first kappa shape index (κ1) is 16.9. The van der Waals surface area contributed by atoms with Crippen LogP contribution in [0.2, 0.25) is 0 Å². The number of nitriles is 1. The van der Waals surface area contributed by atoms with Crippen molar-refractivity contribution in [3.63, 3.8) is 0 Å². The molecule has 0 fully saturated rings. The summed E-state index contributed by atoms with van der Waals surface area (Å²) in [6.45, 7) is -0.0848. The van der Waals surface area contributed by atoms with Gasteiger partial charge in [0, 0.05) is 27.7 Å². The summed E-state index contributed by atoms with van der Waals surface area (Å²) in [6, 6.07) is 16.2. The number of anilines is 2. The van der Waals surface area contributed by atoms with E-state index < -0.39 is 10.0 Å². The minimum absolute atomic E-state index is 0.0848. The maximum absolute atomic E-state index is 12.9. The summed E-state index contributed by atoms with van der Waals surface area (Å²) in [5, 5.41) is 12.3. The number of carbonyl (C=O) groups is 1. The van der Waals surface area contributed by atoms with Crippen molar-refractivity contribution in [2.24, 2.45) is 0 Å². The highest BCUT2D eigenvalue weighted by Crippen LogP contribution is 2.37. The Balaban J connectivity index is 1.70. The van der Waals surface area contributed by atoms with Crippen LogP contribution < -0.4 is 14.8 Å². The average molecular weight is 379 g/mol. The first-order valence-corrected chi connectivity index (χ1v) is 9.47. The zero-order chi connectivity index (χ0) is 19.0. The van der Waals surface area contributed by atoms with Crippen LogP contribution in [0, 0.1) is 11.3 Å². The molecule has 2 N–H and O–H groups in total. The van der Waals surface area contributed by atoms with Crippen LogP contribution in [0.4, 0.5) is 11.4 Å². The number of amides is 1. The molecular formula is C19H13N3O4S. The van der Waals surface area contributed by atoms with Crippen molar-refractivity contribution in [2.45, 2.75) is 4.90 Å². The highest BCUT2D eigenvalue weighted by atomic mass is 32.2. The fourth-order valence-corrected chi connectivity index (χ4v) is 4.31. The van der Waals surface area contributed by atoms with Gasteiger partial charge in [0.2, 0.25) is 0 Å². The van der Waals surface area contributed by atoms with E-state index >= 15 is 0 Å². The molecule has 1 aliphatic heterocycles. The predicted octanol–water partition coefficient (Wildman–Crippen LogP) is 3.11. The molecule has 0 unspecified atom stereocenters. The largest absolute Gasteiger partial charge is 0.479 e. The van der Waals surface area contributed by atoms with Gasteiger partial charge in [-0.05, 0) is 42.5 Å². The average Bonchev–Trinajstić information content (AvgIpc) is 2.99. The number of hydrogen-bond donors (Lipinski definition) is 2. The molecule has 8 heteroatoms. The smallest absolute Gasteiger partial charge is 0.262 e. The summed E-state index contributed by atoms with van der Waals surface area (Å²) in [7, 11) is -3.88. The monoisotopic (exact) mass is 379 g/mol. The lowest BCUT2D eigenvalue weighted by Gasteiger charge is -2.12. The fraction of sp³-hybridized carbons (Fsp3) is 0.0526. The van der Waals surface area contributed by atoms with E-state index in [2.05, 4.69) is 10.0 Å². The van der Waals surface area contributed by atoms with Crippen LogP contribution in [0.5, 0.6) is 5.75 Å². The van der Waals surface area contributed by atoms with E-state index in [-0.39, 0.29) is 17.4 Å². The Labute approximate surface area is 155 Å². The lowest BCUT2D eigenvalue weighted by Crippen LogP contribution is -2.13. The highest BCUT2D eigenvalue weighted by molar-refractivity contribution is 7.93. The zero-order valence-corrected chi connectivity index (χ0v) is 14.7. The predicted molar refractivity (Wildman–Crippen MR) is 100 cm³/mol. The lowest BCUT2D eigenvalue weighted by molar-refractivity contribution is 0.103. The number of carbonyl (C=O) groups excluding carboxylic acids is 1. The first-order chi connectivity index (χ1) is 13.0. The Morgan fingerprint density at radius 1 is 1.07 bits per heavy atom. The Kier molecular flexibility index (Phi) is 3.94. The molecule has 7 nitrogen and oxygen atoms in total. The molecule has 3 aromatic rings. The third-order valence-electron chi connectivity index (χ3n) is 4.19. The van der Waals surface area contributed by atoms with Crippen molar-refractivity contribution < 1.29 is 17.9 Å². The molecule has 0 bridgehead atoms. The molecular weight excluding hydrogens is 366 g/mol. The standard InChI is InChI=1S/C19H13N3O4S/c20-10-11-26-13-6-4-12(5-7-13)22-27(24,25)17-9-8-16-18-14(17)2-1-3-15(18)19(23)21-16/h1-9,22H,11H2,(H,21,23). The summed E-state index contributed by atoms with van der Waals surface area (Å²) >= 11 is 0. The van der Waals surface area contributed by atoms with Crippen molar-refractivity contribution in [3.8, 4) is 11.8 Å². The van der Waals surface area contributed by atoms with Gasteiger partial charge in [0.15, 0.2) is 6.61 Å². The van der Waals surface area contributed by atoms with Gasteiger partial charge in [-0.1, -0.05) is 12.1 Å². The van der Waals surface area contributed by atoms with Crippen LogP contribution in [-0.2, 0) is 10.0 Å². The number of ether oxygens (including phenoxy) is 1. The van der Waals surface area contributed by atoms with Gasteiger partial charge in [-0.3, -0.25) is 9.52 Å². The first-order valence-electron chi connectivity index (χ1n) is 7.99. The molecule has 1 aliphatic rings. The van der Waals surface area contributed by atoms with Gasteiger partial charge < -0.3 is 10.1 Å². The molecule has 0 radical (unpaired) electrons. The molecule has 0 spiro atoms. The second-order valence-electron chi connectivity index (χ2n) is 5.87. The third kappa shape index (κ3) is 2.94. The molecule has 4 rings (SSSR count). The van der Waals surface area contributed by atoms with E-state index in [1.165, 1.54) is 6.07 Å². The molecule has 27 heavy (non-hydrogen) atoms. The SMILES string of the molecule is N#CCOc1ccc(NS(=O)(=O)c2ccc3c4c(cccc24)C(=O)N3)cc1. The second-order valence-corrected chi connectivity index (χ2v) is 7.52. The molecule has 134 valence electrons. The highest BCUT2D eigenvalue weighted by Gasteiger charge is 2.26. The van der Waals surface area contributed by atoms with E-state index in [9.17, 15) is 13.2 Å². The number of benzene rings is 3. The topological polar surface area (TPSA) is 108 Å². The van der Waals surface area contributed by atoms with E-state index in [4.69, 9.17) is 10.00 Å². The van der Waals surface area contributed by atoms with Crippen molar-refractivity contribution in [2.75, 3.05) is 16.6 Å². The summed E-state index contributed by atoms with van der Waals surface area (Å²) in [5.74, 6) is 0.223. The molecule has 3 aromatic carbocycles. The Hall–Kier alpha value is -3.57. The number of nitrogens with one attached hydrogen (secondary N) is 2. The van der Waals surface area contributed by atoms with Crippen molar-refractivity contribution in [3.05, 3.63) is 60.2 Å². The Morgan fingerprint density at radius 3 is 2.59 bits per heavy atom. The van der Waals surface area contributed by atoms with Crippen LogP contribution in [-0.4, -0.2) is 20.9 Å². The minimum atomic E-state index is -3.88. The quantitative estimate of drug-likeness (QED) is 0.708. The van der Waals surface area contributed by atoms with E-state index in [0.29, 0.717) is 33.5 Å². The van der Waals surface area contributed by atoms with Gasteiger partial charge >= 0.3 is 0 Å². The van der Waals surface area contributed by atoms with Crippen LogP contribution in [0.15, 0.2) is 59.5 Å². The number of sulfonamides is 1. The molecule has 0 saturated heterocycles. The van der Waals surface area contributed by atoms with Gasteiger partial charge in [0.25, 0.3) is 15.9 Å². The van der Waals surface area contributed by atoms with Gasteiger partial charge in [0.05, 0.1) is 4.90 Å². The van der Waals surface area contributed by atoms with Crippen molar-refractivity contribution in [1.82, 2.24) is 0 Å². The van der Waals surface area contributed by atoms with Gasteiger partial charge in [-0.15, -0.1) is 0 Å². The maximum Gasteiger partial charge on any atom is 0.262 e. The lowest BCUT2D eigenvalue weighted by atomic mass is 10.1. The van der Waals surface area contributed by atoms with Crippen LogP contribution in [0.25, 0.3) is 10.8 Å². The normalized spacial score (nSPS) is 12.5. The van der Waals surface area contributed by atoms with Gasteiger partial charge in [-0.2, -0.15) is 5.26 Å². The van der Waals surface area contributed by atoms with Gasteiger partial charge in [0.1, 0.15) is 11.8 Å². The number of nitrogens with zero attached hydrogens (tertiary/aromatic N) is 1.